The van der Waals surface area contributed by atoms with Gasteiger partial charge in [-0.2, -0.15) is 11.8 Å². The lowest BCUT2D eigenvalue weighted by atomic mass is 10.1. The van der Waals surface area contributed by atoms with E-state index in [1.807, 2.05) is 41.7 Å². The van der Waals surface area contributed by atoms with E-state index < -0.39 is 0 Å². The Kier molecular flexibility index (Phi) is 6.53. The molecule has 1 fully saturated rings. The van der Waals surface area contributed by atoms with E-state index in [9.17, 15) is 4.79 Å². The summed E-state index contributed by atoms with van der Waals surface area (Å²) in [5.41, 5.74) is 1.23. The third-order valence-corrected chi connectivity index (χ3v) is 5.32. The first-order chi connectivity index (χ1) is 12.3. The zero-order chi connectivity index (χ0) is 17.5. The van der Waals surface area contributed by atoms with Crippen LogP contribution in [-0.4, -0.2) is 63.4 Å². The highest BCUT2D eigenvalue weighted by Crippen LogP contribution is 2.19. The van der Waals surface area contributed by atoms with Crippen molar-refractivity contribution in [3.63, 3.8) is 0 Å². The van der Waals surface area contributed by atoms with Gasteiger partial charge in [-0.3, -0.25) is 14.7 Å². The normalized spacial score (nSPS) is 16.8. The van der Waals surface area contributed by atoms with Gasteiger partial charge < -0.3 is 9.47 Å². The van der Waals surface area contributed by atoms with Crippen LogP contribution < -0.4 is 0 Å². The molecule has 1 aliphatic rings. The molecule has 0 aliphatic carbocycles. The second-order valence-electron chi connectivity index (χ2n) is 6.39. The Bertz CT molecular complexity index is 639. The molecule has 25 heavy (non-hydrogen) atoms. The molecule has 3 rings (SSSR count). The largest absolute Gasteiger partial charge is 0.342 e. The number of hydrogen-bond acceptors (Lipinski definition) is 4. The van der Waals surface area contributed by atoms with Crippen LogP contribution in [0.15, 0.2) is 49.1 Å². The van der Waals surface area contributed by atoms with E-state index in [0.29, 0.717) is 0 Å². The number of carbonyl (C=O) groups excluding carboxylic acids is 1. The predicted molar refractivity (Wildman–Crippen MR) is 103 cm³/mol. The second-order valence-corrected chi connectivity index (χ2v) is 7.38. The van der Waals surface area contributed by atoms with Crippen molar-refractivity contribution in [2.24, 2.45) is 0 Å². The Labute approximate surface area is 154 Å². The van der Waals surface area contributed by atoms with Crippen molar-refractivity contribution in [3.8, 4) is 0 Å². The summed E-state index contributed by atoms with van der Waals surface area (Å²) >= 11 is 1.79. The first-order valence-corrected chi connectivity index (χ1v) is 10.2. The number of hydrogen-bond donors (Lipinski definition) is 0. The molecule has 1 atom stereocenters. The van der Waals surface area contributed by atoms with Crippen LogP contribution in [0.25, 0.3) is 0 Å². The number of amides is 1. The Morgan fingerprint density at radius 2 is 1.96 bits per heavy atom. The van der Waals surface area contributed by atoms with Gasteiger partial charge in [0, 0.05) is 57.5 Å². The van der Waals surface area contributed by atoms with Crippen molar-refractivity contribution >= 4 is 17.7 Å². The molecular weight excluding hydrogens is 332 g/mol. The van der Waals surface area contributed by atoms with E-state index >= 15 is 0 Å². The van der Waals surface area contributed by atoms with Gasteiger partial charge in [-0.25, -0.2) is 0 Å². The minimum atomic E-state index is -0.0766. The zero-order valence-electron chi connectivity index (χ0n) is 14.8. The summed E-state index contributed by atoms with van der Waals surface area (Å²) in [5.74, 6) is 1.25. The van der Waals surface area contributed by atoms with E-state index in [-0.39, 0.29) is 11.9 Å². The molecule has 1 amide bonds. The highest BCUT2D eigenvalue weighted by molar-refractivity contribution is 7.98. The summed E-state index contributed by atoms with van der Waals surface area (Å²) in [6.45, 7) is 4.35. The highest BCUT2D eigenvalue weighted by atomic mass is 32.2. The van der Waals surface area contributed by atoms with Crippen LogP contribution in [0.4, 0.5) is 0 Å². The molecule has 0 spiro atoms. The van der Waals surface area contributed by atoms with Gasteiger partial charge in [0.25, 0.3) is 0 Å². The molecule has 5 nitrogen and oxygen atoms in total. The first-order valence-electron chi connectivity index (χ1n) is 8.79. The average molecular weight is 359 g/mol. The molecule has 1 unspecified atom stereocenters. The SMILES string of the molecule is CSCCC(C(=O)N1CCN(Cc2cccnc2)CC1)n1cccc1. The van der Waals surface area contributed by atoms with Crippen molar-refractivity contribution in [1.29, 1.82) is 0 Å². The number of rotatable bonds is 7. The average Bonchev–Trinajstić information content (AvgIpc) is 3.18. The fraction of sp³-hybridized carbons (Fsp3) is 0.474. The minimum absolute atomic E-state index is 0.0766. The lowest BCUT2D eigenvalue weighted by Crippen LogP contribution is -2.50. The summed E-state index contributed by atoms with van der Waals surface area (Å²) in [7, 11) is 0. The Morgan fingerprint density at radius 1 is 1.20 bits per heavy atom. The molecular formula is C19H26N4OS. The monoisotopic (exact) mass is 358 g/mol. The van der Waals surface area contributed by atoms with Crippen molar-refractivity contribution < 1.29 is 4.79 Å². The number of pyridine rings is 1. The minimum Gasteiger partial charge on any atom is -0.342 e. The van der Waals surface area contributed by atoms with Gasteiger partial charge in [-0.1, -0.05) is 6.07 Å². The van der Waals surface area contributed by atoms with Gasteiger partial charge in [-0.15, -0.1) is 0 Å². The fourth-order valence-corrected chi connectivity index (χ4v) is 3.73. The summed E-state index contributed by atoms with van der Waals surface area (Å²) in [4.78, 5) is 21.6. The van der Waals surface area contributed by atoms with Crippen molar-refractivity contribution in [2.75, 3.05) is 38.2 Å². The number of carbonyl (C=O) groups is 1. The van der Waals surface area contributed by atoms with Gasteiger partial charge in [0.2, 0.25) is 5.91 Å². The second kappa shape index (κ2) is 9.06. The Hall–Kier alpha value is -1.79. The lowest BCUT2D eigenvalue weighted by Gasteiger charge is -2.36. The van der Waals surface area contributed by atoms with Gasteiger partial charge in [0.1, 0.15) is 6.04 Å². The first kappa shape index (κ1) is 18.0. The zero-order valence-corrected chi connectivity index (χ0v) is 15.6. The van der Waals surface area contributed by atoms with Crippen molar-refractivity contribution in [1.82, 2.24) is 19.4 Å². The van der Waals surface area contributed by atoms with Gasteiger partial charge in [0.05, 0.1) is 0 Å². The third kappa shape index (κ3) is 4.86. The Balaban J connectivity index is 1.56. The quantitative estimate of drug-likeness (QED) is 0.763. The standard InChI is InChI=1S/C19H26N4OS/c1-25-14-6-18(22-8-2-3-9-22)19(24)23-12-10-21(11-13-23)16-17-5-4-7-20-15-17/h2-5,7-9,15,18H,6,10-14,16H2,1H3. The van der Waals surface area contributed by atoms with E-state index in [2.05, 4.69) is 26.8 Å². The fourth-order valence-electron chi connectivity index (χ4n) is 3.27. The summed E-state index contributed by atoms with van der Waals surface area (Å²) in [6, 6.07) is 7.99. The number of aromatic nitrogens is 2. The molecule has 0 bridgehead atoms. The maximum Gasteiger partial charge on any atom is 0.245 e. The smallest absolute Gasteiger partial charge is 0.245 e. The summed E-state index contributed by atoms with van der Waals surface area (Å²) in [5, 5.41) is 0. The molecule has 2 aromatic heterocycles. The summed E-state index contributed by atoms with van der Waals surface area (Å²) < 4.78 is 2.06. The molecule has 1 saturated heterocycles. The number of nitrogens with zero attached hydrogens (tertiary/aromatic N) is 4. The predicted octanol–water partition coefficient (Wildman–Crippen LogP) is 2.52. The highest BCUT2D eigenvalue weighted by Gasteiger charge is 2.27. The molecule has 1 aliphatic heterocycles. The maximum atomic E-state index is 13.0. The lowest BCUT2D eigenvalue weighted by molar-refractivity contribution is -0.136. The Morgan fingerprint density at radius 3 is 2.60 bits per heavy atom. The van der Waals surface area contributed by atoms with Crippen molar-refractivity contribution in [3.05, 3.63) is 54.6 Å². The molecule has 0 aromatic carbocycles. The van der Waals surface area contributed by atoms with Crippen LogP contribution in [0.3, 0.4) is 0 Å². The number of thioether (sulfide) groups is 1. The number of piperazine rings is 1. The summed E-state index contributed by atoms with van der Waals surface area (Å²) in [6.07, 6.45) is 10.7. The van der Waals surface area contributed by atoms with Crippen molar-refractivity contribution in [2.45, 2.75) is 19.0 Å². The molecule has 3 heterocycles. The van der Waals surface area contributed by atoms with Crippen LogP contribution in [0.1, 0.15) is 18.0 Å². The van der Waals surface area contributed by atoms with E-state index in [1.165, 1.54) is 5.56 Å². The van der Waals surface area contributed by atoms with Crippen LogP contribution in [0.2, 0.25) is 0 Å². The molecule has 0 N–H and O–H groups in total. The molecule has 0 saturated carbocycles. The van der Waals surface area contributed by atoms with E-state index in [4.69, 9.17) is 0 Å². The molecule has 6 heteroatoms. The van der Waals surface area contributed by atoms with Crippen LogP contribution >= 0.6 is 11.8 Å². The topological polar surface area (TPSA) is 41.4 Å². The molecule has 0 radical (unpaired) electrons. The van der Waals surface area contributed by atoms with E-state index in [0.717, 1.165) is 44.9 Å². The van der Waals surface area contributed by atoms with Crippen LogP contribution in [-0.2, 0) is 11.3 Å². The van der Waals surface area contributed by atoms with Gasteiger partial charge in [-0.05, 0) is 42.2 Å². The molecule has 134 valence electrons. The van der Waals surface area contributed by atoms with Gasteiger partial charge >= 0.3 is 0 Å². The third-order valence-electron chi connectivity index (χ3n) is 4.68. The molecule has 2 aromatic rings. The van der Waals surface area contributed by atoms with Crippen LogP contribution in [0.5, 0.6) is 0 Å². The van der Waals surface area contributed by atoms with Crippen LogP contribution in [0, 0.1) is 0 Å². The maximum absolute atomic E-state index is 13.0. The van der Waals surface area contributed by atoms with E-state index in [1.54, 1.807) is 18.0 Å². The van der Waals surface area contributed by atoms with Gasteiger partial charge in [0.15, 0.2) is 0 Å².